The Hall–Kier alpha value is -2.83. The van der Waals surface area contributed by atoms with Crippen LogP contribution in [0.3, 0.4) is 0 Å². The first-order valence-corrected chi connectivity index (χ1v) is 11.0. The van der Waals surface area contributed by atoms with Crippen LogP contribution in [0.1, 0.15) is 25.8 Å². The lowest BCUT2D eigenvalue weighted by Gasteiger charge is -2.25. The molecule has 1 rings (SSSR count). The molecule has 0 aliphatic rings. The molecule has 4 atom stereocenters. The van der Waals surface area contributed by atoms with E-state index in [1.54, 1.807) is 12.1 Å². The normalized spacial score (nSPS) is 14.6. The molecule has 0 heterocycles. The van der Waals surface area contributed by atoms with Gasteiger partial charge in [-0.1, -0.05) is 26.0 Å². The van der Waals surface area contributed by atoms with E-state index in [0.717, 1.165) is 0 Å². The molecule has 0 aromatic heterocycles. The summed E-state index contributed by atoms with van der Waals surface area (Å²) in [4.78, 5) is 49.1. The first kappa shape index (κ1) is 28.2. The van der Waals surface area contributed by atoms with Crippen molar-refractivity contribution in [3.63, 3.8) is 0 Å². The van der Waals surface area contributed by atoms with Gasteiger partial charge in [0.1, 0.15) is 29.9 Å². The van der Waals surface area contributed by atoms with Crippen molar-refractivity contribution in [2.75, 3.05) is 12.4 Å². The number of aliphatic carboxylic acids is 1. The highest BCUT2D eigenvalue weighted by molar-refractivity contribution is 7.80. The zero-order chi connectivity index (χ0) is 25.1. The minimum atomic E-state index is -1.27. The van der Waals surface area contributed by atoms with E-state index in [1.165, 1.54) is 12.1 Å². The van der Waals surface area contributed by atoms with Crippen LogP contribution >= 0.6 is 12.6 Å². The summed E-state index contributed by atoms with van der Waals surface area (Å²) in [5.41, 5.74) is 6.02. The topological polar surface area (TPSA) is 191 Å². The highest BCUT2D eigenvalue weighted by atomic mass is 32.1. The number of carbonyl (C=O) groups is 4. The molecule has 3 amide bonds. The molecule has 0 spiro atoms. The molecule has 1 aromatic carbocycles. The lowest BCUT2D eigenvalue weighted by molar-refractivity contribution is -0.142. The number of aromatic hydroxyl groups is 1. The van der Waals surface area contributed by atoms with Crippen LogP contribution in [-0.2, 0) is 25.6 Å². The zero-order valence-corrected chi connectivity index (χ0v) is 19.4. The first-order valence-electron chi connectivity index (χ1n) is 10.4. The molecule has 0 aliphatic heterocycles. The molecule has 184 valence electrons. The number of carbonyl (C=O) groups excluding carboxylic acids is 3. The highest BCUT2D eigenvalue weighted by Gasteiger charge is 2.30. The van der Waals surface area contributed by atoms with E-state index in [0.29, 0.717) is 5.56 Å². The van der Waals surface area contributed by atoms with Crippen molar-refractivity contribution >= 4 is 36.3 Å². The van der Waals surface area contributed by atoms with E-state index in [-0.39, 0.29) is 30.3 Å². The predicted molar refractivity (Wildman–Crippen MR) is 124 cm³/mol. The van der Waals surface area contributed by atoms with Gasteiger partial charge in [-0.3, -0.25) is 14.4 Å². The van der Waals surface area contributed by atoms with Crippen LogP contribution in [0, 0.1) is 5.92 Å². The molecule has 33 heavy (non-hydrogen) atoms. The SMILES string of the molecule is CC(C)CC(NC(=O)C(CS)NC(=O)C(N)CO)C(=O)NC(Cc1ccc(O)cc1)C(=O)O. The summed E-state index contributed by atoms with van der Waals surface area (Å²) in [5, 5.41) is 35.2. The molecule has 12 heteroatoms. The summed E-state index contributed by atoms with van der Waals surface area (Å²) in [5.74, 6) is -3.49. The summed E-state index contributed by atoms with van der Waals surface area (Å²) < 4.78 is 0. The van der Waals surface area contributed by atoms with Crippen LogP contribution in [-0.4, -0.2) is 75.5 Å². The first-order chi connectivity index (χ1) is 15.5. The Labute approximate surface area is 197 Å². The van der Waals surface area contributed by atoms with Gasteiger partial charge >= 0.3 is 5.97 Å². The van der Waals surface area contributed by atoms with Gasteiger partial charge in [0.15, 0.2) is 0 Å². The summed E-state index contributed by atoms with van der Waals surface area (Å²) in [6, 6.07) is 1.24. The minimum Gasteiger partial charge on any atom is -0.508 e. The second kappa shape index (κ2) is 13.7. The lowest BCUT2D eigenvalue weighted by Crippen LogP contribution is -2.58. The van der Waals surface area contributed by atoms with Gasteiger partial charge in [0.05, 0.1) is 6.61 Å². The van der Waals surface area contributed by atoms with Crippen molar-refractivity contribution in [2.45, 2.75) is 50.9 Å². The Kier molecular flexibility index (Phi) is 11.7. The summed E-state index contributed by atoms with van der Waals surface area (Å²) >= 11 is 4.04. The molecule has 0 bridgehead atoms. The average molecular weight is 485 g/mol. The Bertz CT molecular complexity index is 819. The standard InChI is InChI=1S/C21H32N4O7S/c1-11(2)7-15(23-20(30)17(10-33)25-18(28)14(22)9-26)19(29)24-16(21(31)32)8-12-3-5-13(27)6-4-12/h3-6,11,14-17,26-27,33H,7-10,22H2,1-2H3,(H,23,30)(H,24,29)(H,25,28)(H,31,32). The Morgan fingerprint density at radius 3 is 1.94 bits per heavy atom. The molecule has 0 saturated heterocycles. The maximum absolute atomic E-state index is 12.9. The number of hydrogen-bond donors (Lipinski definition) is 8. The number of nitrogens with two attached hydrogens (primary N) is 1. The van der Waals surface area contributed by atoms with Crippen LogP contribution < -0.4 is 21.7 Å². The molecule has 1 aromatic rings. The van der Waals surface area contributed by atoms with E-state index in [1.807, 2.05) is 13.8 Å². The number of nitrogens with one attached hydrogen (secondary N) is 3. The van der Waals surface area contributed by atoms with Crippen molar-refractivity contribution in [1.82, 2.24) is 16.0 Å². The molecule has 0 saturated carbocycles. The van der Waals surface area contributed by atoms with Crippen molar-refractivity contribution < 1.29 is 34.5 Å². The van der Waals surface area contributed by atoms with E-state index in [9.17, 15) is 29.4 Å². The van der Waals surface area contributed by atoms with E-state index in [2.05, 4.69) is 28.6 Å². The number of thiol groups is 1. The molecule has 0 radical (unpaired) electrons. The quantitative estimate of drug-likeness (QED) is 0.160. The lowest BCUT2D eigenvalue weighted by atomic mass is 10.0. The number of aliphatic hydroxyl groups excluding tert-OH is 1. The molecule has 8 N–H and O–H groups in total. The second-order valence-corrected chi connectivity index (χ2v) is 8.36. The molecular weight excluding hydrogens is 452 g/mol. The molecule has 0 aliphatic carbocycles. The number of phenolic OH excluding ortho intramolecular Hbond substituents is 1. The van der Waals surface area contributed by atoms with Gasteiger partial charge in [0, 0.05) is 12.2 Å². The maximum atomic E-state index is 12.9. The highest BCUT2D eigenvalue weighted by Crippen LogP contribution is 2.12. The third-order valence-electron chi connectivity index (χ3n) is 4.68. The van der Waals surface area contributed by atoms with Crippen LogP contribution in [0.5, 0.6) is 5.75 Å². The number of amides is 3. The van der Waals surface area contributed by atoms with Crippen molar-refractivity contribution in [3.05, 3.63) is 29.8 Å². The summed E-state index contributed by atoms with van der Waals surface area (Å²) in [6.07, 6.45) is 0.185. The van der Waals surface area contributed by atoms with Crippen molar-refractivity contribution in [1.29, 1.82) is 0 Å². The summed E-state index contributed by atoms with van der Waals surface area (Å²) in [6.45, 7) is 3.05. The zero-order valence-electron chi connectivity index (χ0n) is 18.5. The van der Waals surface area contributed by atoms with Gasteiger partial charge in [-0.25, -0.2) is 4.79 Å². The molecular formula is C21H32N4O7S. The number of aliphatic hydroxyl groups is 1. The van der Waals surface area contributed by atoms with Crippen LogP contribution in [0.2, 0.25) is 0 Å². The molecule has 4 unspecified atom stereocenters. The second-order valence-electron chi connectivity index (χ2n) is 7.99. The van der Waals surface area contributed by atoms with Gasteiger partial charge in [0.2, 0.25) is 17.7 Å². The number of carboxylic acids is 1. The Morgan fingerprint density at radius 1 is 0.939 bits per heavy atom. The van der Waals surface area contributed by atoms with E-state index >= 15 is 0 Å². The third kappa shape index (κ3) is 9.68. The predicted octanol–water partition coefficient (Wildman–Crippen LogP) is -1.23. The Balaban J connectivity index is 2.92. The number of rotatable bonds is 13. The number of phenols is 1. The average Bonchev–Trinajstić information content (AvgIpc) is 2.76. The number of hydrogen-bond acceptors (Lipinski definition) is 8. The number of carboxylic acid groups (broad SMARTS) is 1. The van der Waals surface area contributed by atoms with Gasteiger partial charge in [0.25, 0.3) is 0 Å². The van der Waals surface area contributed by atoms with Gasteiger partial charge in [-0.2, -0.15) is 12.6 Å². The van der Waals surface area contributed by atoms with Gasteiger partial charge in [-0.05, 0) is 30.0 Å². The molecule has 11 nitrogen and oxygen atoms in total. The Morgan fingerprint density at radius 2 is 1.45 bits per heavy atom. The fourth-order valence-electron chi connectivity index (χ4n) is 2.87. The van der Waals surface area contributed by atoms with E-state index < -0.39 is 54.5 Å². The minimum absolute atomic E-state index is 0.0201. The smallest absolute Gasteiger partial charge is 0.326 e. The maximum Gasteiger partial charge on any atom is 0.326 e. The van der Waals surface area contributed by atoms with Gasteiger partial charge < -0.3 is 37.0 Å². The largest absolute Gasteiger partial charge is 0.508 e. The van der Waals surface area contributed by atoms with Gasteiger partial charge in [-0.15, -0.1) is 0 Å². The summed E-state index contributed by atoms with van der Waals surface area (Å²) in [7, 11) is 0. The fraction of sp³-hybridized carbons (Fsp3) is 0.524. The fourth-order valence-corrected chi connectivity index (χ4v) is 3.13. The third-order valence-corrected chi connectivity index (χ3v) is 5.05. The van der Waals surface area contributed by atoms with Crippen molar-refractivity contribution in [2.24, 2.45) is 11.7 Å². The monoisotopic (exact) mass is 484 g/mol. The van der Waals surface area contributed by atoms with Crippen LogP contribution in [0.15, 0.2) is 24.3 Å². The van der Waals surface area contributed by atoms with E-state index in [4.69, 9.17) is 10.8 Å². The molecule has 0 fully saturated rings. The van der Waals surface area contributed by atoms with Crippen LogP contribution in [0.4, 0.5) is 0 Å². The van der Waals surface area contributed by atoms with Crippen LogP contribution in [0.25, 0.3) is 0 Å². The number of benzene rings is 1. The van der Waals surface area contributed by atoms with Crippen molar-refractivity contribution in [3.8, 4) is 5.75 Å².